The zero-order valence-electron chi connectivity index (χ0n) is 23.0. The summed E-state index contributed by atoms with van der Waals surface area (Å²) >= 11 is 12.7. The van der Waals surface area contributed by atoms with Crippen molar-refractivity contribution in [3.8, 4) is 23.1 Å². The van der Waals surface area contributed by atoms with Gasteiger partial charge in [0.05, 0.1) is 35.8 Å². The zero-order valence-corrected chi connectivity index (χ0v) is 24.5. The summed E-state index contributed by atoms with van der Waals surface area (Å²) in [5, 5.41) is 24.5. The fourth-order valence-electron chi connectivity index (χ4n) is 4.41. The van der Waals surface area contributed by atoms with Crippen LogP contribution < -0.4 is 25.0 Å². The number of methoxy groups -OCH3 is 1. The molecule has 13 heteroatoms. The van der Waals surface area contributed by atoms with Crippen molar-refractivity contribution in [2.45, 2.75) is 33.0 Å². The predicted molar refractivity (Wildman–Crippen MR) is 156 cm³/mol. The monoisotopic (exact) mass is 586 g/mol. The molecule has 4 rings (SSSR count). The summed E-state index contributed by atoms with van der Waals surface area (Å²) in [5.74, 6) is 1.55. The molecule has 1 aliphatic heterocycles. The van der Waals surface area contributed by atoms with Crippen molar-refractivity contribution in [2.75, 3.05) is 39.3 Å². The van der Waals surface area contributed by atoms with E-state index in [4.69, 9.17) is 48.1 Å². The number of benzene rings is 1. The minimum Gasteiger partial charge on any atom is -0.491 e. The van der Waals surface area contributed by atoms with Crippen LogP contribution in [-0.2, 0) is 13.1 Å². The molecule has 212 valence electrons. The molecule has 0 unspecified atom stereocenters. The molecule has 2 aromatic heterocycles. The second-order valence-electron chi connectivity index (χ2n) is 9.26. The summed E-state index contributed by atoms with van der Waals surface area (Å²) in [6.07, 6.45) is 1.09. The average Bonchev–Trinajstić information content (AvgIpc) is 3.37. The number of allylic oxidation sites excluding steroid dienone is 1. The topological polar surface area (TPSA) is 141 Å². The molecule has 4 N–H and O–H groups in total. The lowest BCUT2D eigenvalue weighted by molar-refractivity contribution is 0.108. The van der Waals surface area contributed by atoms with Crippen molar-refractivity contribution in [2.24, 2.45) is 0 Å². The van der Waals surface area contributed by atoms with Gasteiger partial charge in [0.1, 0.15) is 29.4 Å². The van der Waals surface area contributed by atoms with E-state index in [0.29, 0.717) is 70.6 Å². The number of aromatic nitrogens is 4. The van der Waals surface area contributed by atoms with Crippen LogP contribution in [0.15, 0.2) is 30.0 Å². The Hall–Kier alpha value is -3.51. The minimum absolute atomic E-state index is 0.102. The molecule has 11 nitrogen and oxygen atoms in total. The number of rotatable bonds is 11. The van der Waals surface area contributed by atoms with Crippen molar-refractivity contribution in [1.29, 1.82) is 5.41 Å². The molecule has 3 heterocycles. The van der Waals surface area contributed by atoms with E-state index in [9.17, 15) is 5.11 Å². The maximum atomic E-state index is 10.1. The second kappa shape index (κ2) is 12.8. The third kappa shape index (κ3) is 6.28. The first-order valence-electron chi connectivity index (χ1n) is 12.6. The van der Waals surface area contributed by atoms with Crippen LogP contribution in [0.25, 0.3) is 17.1 Å². The van der Waals surface area contributed by atoms with E-state index in [0.717, 1.165) is 16.8 Å². The summed E-state index contributed by atoms with van der Waals surface area (Å²) in [5.41, 5.74) is 4.87. The van der Waals surface area contributed by atoms with Gasteiger partial charge in [-0.15, -0.1) is 0 Å². The first kappa shape index (κ1) is 29.5. The molecule has 0 fully saturated rings. The lowest BCUT2D eigenvalue weighted by Crippen LogP contribution is -2.29. The highest BCUT2D eigenvalue weighted by Crippen LogP contribution is 2.36. The minimum atomic E-state index is -0.673. The largest absolute Gasteiger partial charge is 0.491 e. The lowest BCUT2D eigenvalue weighted by atomic mass is 10.1. The van der Waals surface area contributed by atoms with Gasteiger partial charge in [-0.25, -0.2) is 15.0 Å². The highest BCUT2D eigenvalue weighted by molar-refractivity contribution is 6.69. The van der Waals surface area contributed by atoms with Gasteiger partial charge in [0.25, 0.3) is 0 Å². The van der Waals surface area contributed by atoms with Gasteiger partial charge >= 0.3 is 6.01 Å². The van der Waals surface area contributed by atoms with Gasteiger partial charge in [-0.05, 0) is 39.1 Å². The SMILES string of the molecule is CNC[C@@H](O)COc1ccc(Cl)c(-c2nc(/C(NC)=C(\C)C(=N)Cl)c(C)c(N3Cc4cnc(OC)nc4C3)n2)c1. The molecule has 0 saturated heterocycles. The third-order valence-electron chi connectivity index (χ3n) is 6.49. The van der Waals surface area contributed by atoms with Crippen molar-refractivity contribution in [1.82, 2.24) is 30.6 Å². The number of anilines is 1. The van der Waals surface area contributed by atoms with E-state index >= 15 is 0 Å². The Balaban J connectivity index is 1.83. The van der Waals surface area contributed by atoms with Gasteiger partial charge in [-0.1, -0.05) is 23.2 Å². The van der Waals surface area contributed by atoms with Crippen LogP contribution in [0, 0.1) is 12.3 Å². The quantitative estimate of drug-likeness (QED) is 0.246. The standard InChI is InChI=1S/C27H32Cl2N8O3/c1-14(24(29)30)22(32-4)23-15(2)26(37-11-16-9-33-27(39-5)34-21(16)12-37)36-25(35-23)19-8-18(6-7-20(19)28)40-13-17(38)10-31-3/h6-9,17,30-32,38H,10-13H2,1-5H3/b22-14-,30-24?/t17-/m1/s1. The van der Waals surface area contributed by atoms with Gasteiger partial charge in [0.15, 0.2) is 5.82 Å². The van der Waals surface area contributed by atoms with Crippen molar-refractivity contribution >= 4 is 39.9 Å². The van der Waals surface area contributed by atoms with Crippen LogP contribution in [-0.4, -0.2) is 70.7 Å². The van der Waals surface area contributed by atoms with Crippen molar-refractivity contribution in [3.63, 3.8) is 0 Å². The Morgan fingerprint density at radius 2 is 2.00 bits per heavy atom. The Bertz CT molecular complexity index is 1450. The average molecular weight is 588 g/mol. The van der Waals surface area contributed by atoms with Crippen LogP contribution in [0.4, 0.5) is 5.82 Å². The second-order valence-corrected chi connectivity index (χ2v) is 10.0. The van der Waals surface area contributed by atoms with Gasteiger partial charge in [0.2, 0.25) is 0 Å². The number of ether oxygens (including phenoxy) is 2. The Morgan fingerprint density at radius 1 is 1.23 bits per heavy atom. The van der Waals surface area contributed by atoms with Gasteiger partial charge in [-0.3, -0.25) is 5.41 Å². The van der Waals surface area contributed by atoms with Crippen LogP contribution in [0.1, 0.15) is 29.4 Å². The number of nitrogens with one attached hydrogen (secondary N) is 3. The van der Waals surface area contributed by atoms with Gasteiger partial charge in [-0.2, -0.15) is 4.98 Å². The molecule has 0 saturated carbocycles. The molecule has 0 bridgehead atoms. The summed E-state index contributed by atoms with van der Waals surface area (Å²) in [4.78, 5) is 20.7. The molecule has 0 spiro atoms. The van der Waals surface area contributed by atoms with Gasteiger partial charge < -0.3 is 30.1 Å². The zero-order chi connectivity index (χ0) is 29.0. The molecular formula is C27H32Cl2N8O3. The molecule has 0 radical (unpaired) electrons. The molecule has 40 heavy (non-hydrogen) atoms. The maximum absolute atomic E-state index is 10.1. The number of hydrogen-bond acceptors (Lipinski definition) is 11. The molecule has 0 aliphatic carbocycles. The van der Waals surface area contributed by atoms with E-state index in [1.54, 1.807) is 45.4 Å². The first-order valence-corrected chi connectivity index (χ1v) is 13.3. The van der Waals surface area contributed by atoms with E-state index in [1.165, 1.54) is 7.11 Å². The summed E-state index contributed by atoms with van der Waals surface area (Å²) in [6.45, 7) is 5.22. The lowest BCUT2D eigenvalue weighted by Gasteiger charge is -2.23. The fourth-order valence-corrected chi connectivity index (χ4v) is 4.70. The third-order valence-corrected chi connectivity index (χ3v) is 7.10. The number of fused-ring (bicyclic) bond motifs is 1. The molecule has 1 aromatic carbocycles. The smallest absolute Gasteiger partial charge is 0.316 e. The van der Waals surface area contributed by atoms with E-state index in [1.807, 2.05) is 6.92 Å². The summed E-state index contributed by atoms with van der Waals surface area (Å²) < 4.78 is 11.0. The Labute approximate surface area is 243 Å². The van der Waals surface area contributed by atoms with Crippen molar-refractivity contribution in [3.05, 3.63) is 57.5 Å². The maximum Gasteiger partial charge on any atom is 0.316 e. The van der Waals surface area contributed by atoms with Crippen LogP contribution >= 0.6 is 23.2 Å². The number of aliphatic hydroxyl groups is 1. The van der Waals surface area contributed by atoms with E-state index in [-0.39, 0.29) is 11.8 Å². The highest BCUT2D eigenvalue weighted by Gasteiger charge is 2.28. The Morgan fingerprint density at radius 3 is 2.67 bits per heavy atom. The number of hydrogen-bond donors (Lipinski definition) is 4. The first-order chi connectivity index (χ1) is 19.2. The molecule has 1 aliphatic rings. The number of likely N-dealkylation sites (N-methyl/N-ethyl adjacent to an activating group) is 1. The molecule has 1 atom stereocenters. The highest BCUT2D eigenvalue weighted by atomic mass is 35.5. The van der Waals surface area contributed by atoms with Crippen LogP contribution in [0.2, 0.25) is 5.02 Å². The number of aliphatic hydroxyl groups excluding tert-OH is 1. The van der Waals surface area contributed by atoms with E-state index < -0.39 is 6.10 Å². The normalized spacial score (nSPS) is 13.9. The summed E-state index contributed by atoms with van der Waals surface area (Å²) in [6, 6.07) is 5.50. The number of nitrogens with zero attached hydrogens (tertiary/aromatic N) is 5. The van der Waals surface area contributed by atoms with E-state index in [2.05, 4.69) is 25.5 Å². The van der Waals surface area contributed by atoms with Gasteiger partial charge in [0, 0.05) is 48.6 Å². The molecule has 0 amide bonds. The van der Waals surface area contributed by atoms with Crippen LogP contribution in [0.3, 0.4) is 0 Å². The Kier molecular flexibility index (Phi) is 9.41. The number of halogens is 2. The van der Waals surface area contributed by atoms with Crippen LogP contribution in [0.5, 0.6) is 11.8 Å². The fraction of sp³-hybridized carbons (Fsp3) is 0.370. The molecule has 3 aromatic rings. The predicted octanol–water partition coefficient (Wildman–Crippen LogP) is 3.55. The van der Waals surface area contributed by atoms with Crippen molar-refractivity contribution < 1.29 is 14.6 Å². The summed E-state index contributed by atoms with van der Waals surface area (Å²) in [7, 11) is 5.05. The molecular weight excluding hydrogens is 555 g/mol.